The first kappa shape index (κ1) is 16.0. The molecule has 21 heavy (non-hydrogen) atoms. The van der Waals surface area contributed by atoms with Gasteiger partial charge in [-0.3, -0.25) is 4.90 Å². The fourth-order valence-corrected chi connectivity index (χ4v) is 4.00. The van der Waals surface area contributed by atoms with E-state index in [0.717, 1.165) is 6.07 Å². The summed E-state index contributed by atoms with van der Waals surface area (Å²) in [5.74, 6) is 1.54. The van der Waals surface area contributed by atoms with Crippen LogP contribution in [0, 0.1) is 18.2 Å². The van der Waals surface area contributed by atoms with Crippen LogP contribution < -0.4 is 5.73 Å². The number of nitrogens with zero attached hydrogens (tertiary/aromatic N) is 2. The van der Waals surface area contributed by atoms with Crippen LogP contribution >= 0.6 is 11.6 Å². The third kappa shape index (κ3) is 3.30. The lowest BCUT2D eigenvalue weighted by Gasteiger charge is -2.33. The zero-order chi connectivity index (χ0) is 15.6. The molecule has 1 fully saturated rings. The van der Waals surface area contributed by atoms with Gasteiger partial charge in [0.2, 0.25) is 10.0 Å². The molecule has 0 aromatic heterocycles. The van der Waals surface area contributed by atoms with Crippen LogP contribution in [0.5, 0.6) is 0 Å². The minimum atomic E-state index is -3.96. The quantitative estimate of drug-likeness (QED) is 0.663. The number of nitrogen functional groups attached to an aromatic ring is 1. The summed E-state index contributed by atoms with van der Waals surface area (Å²) in [6.45, 7) is 1.96. The van der Waals surface area contributed by atoms with Gasteiger partial charge in [-0.2, -0.15) is 4.31 Å². The molecule has 0 spiro atoms. The van der Waals surface area contributed by atoms with Crippen LogP contribution in [0.25, 0.3) is 0 Å². The lowest BCUT2D eigenvalue weighted by Crippen LogP contribution is -2.48. The number of nitrogens with two attached hydrogens (primary N) is 1. The third-order valence-electron chi connectivity index (χ3n) is 3.28. The summed E-state index contributed by atoms with van der Waals surface area (Å²) < 4.78 is 40.2. The summed E-state index contributed by atoms with van der Waals surface area (Å²) in [4.78, 5) is 1.47. The summed E-state index contributed by atoms with van der Waals surface area (Å²) in [7, 11) is -3.96. The molecule has 2 N–H and O–H groups in total. The van der Waals surface area contributed by atoms with Crippen molar-refractivity contribution in [3.05, 3.63) is 23.0 Å². The third-order valence-corrected chi connectivity index (χ3v) is 5.45. The minimum absolute atomic E-state index is 0.103. The number of hydrogen-bond acceptors (Lipinski definition) is 4. The van der Waals surface area contributed by atoms with Crippen molar-refractivity contribution >= 4 is 27.3 Å². The normalized spacial score (nSPS) is 17.6. The summed E-state index contributed by atoms with van der Waals surface area (Å²) in [5.41, 5.74) is 5.65. The Hall–Kier alpha value is -1.33. The Balaban J connectivity index is 2.26. The van der Waals surface area contributed by atoms with E-state index in [-0.39, 0.29) is 23.8 Å². The monoisotopic (exact) mass is 331 g/mol. The van der Waals surface area contributed by atoms with Gasteiger partial charge in [-0.1, -0.05) is 17.5 Å². The lowest BCUT2D eigenvalue weighted by molar-refractivity contribution is 0.206. The Kier molecular flexibility index (Phi) is 4.74. The average Bonchev–Trinajstić information content (AvgIpc) is 2.43. The lowest BCUT2D eigenvalue weighted by atomic mass is 10.3. The Labute approximate surface area is 128 Å². The topological polar surface area (TPSA) is 66.6 Å². The maximum Gasteiger partial charge on any atom is 0.246 e. The molecule has 1 heterocycles. The van der Waals surface area contributed by atoms with Gasteiger partial charge < -0.3 is 5.73 Å². The van der Waals surface area contributed by atoms with Crippen LogP contribution in [-0.4, -0.2) is 50.3 Å². The Bertz CT molecular complexity index is 679. The van der Waals surface area contributed by atoms with Crippen molar-refractivity contribution in [3.8, 4) is 12.3 Å². The van der Waals surface area contributed by atoms with E-state index in [1.165, 1.54) is 10.4 Å². The zero-order valence-corrected chi connectivity index (χ0v) is 12.8. The van der Waals surface area contributed by atoms with Gasteiger partial charge >= 0.3 is 0 Å². The Morgan fingerprint density at radius 1 is 1.33 bits per heavy atom. The molecule has 0 atom stereocenters. The highest BCUT2D eigenvalue weighted by molar-refractivity contribution is 7.89. The summed E-state index contributed by atoms with van der Waals surface area (Å²) in [6.07, 6.45) is 5.22. The van der Waals surface area contributed by atoms with E-state index in [0.29, 0.717) is 19.6 Å². The predicted molar refractivity (Wildman–Crippen MR) is 79.9 cm³/mol. The number of terminal acetylenes is 1. The highest BCUT2D eigenvalue weighted by Crippen LogP contribution is 2.28. The Morgan fingerprint density at radius 2 is 1.95 bits per heavy atom. The van der Waals surface area contributed by atoms with Gasteiger partial charge in [-0.05, 0) is 12.1 Å². The van der Waals surface area contributed by atoms with Crippen molar-refractivity contribution < 1.29 is 12.8 Å². The molecule has 1 saturated heterocycles. The molecule has 0 aliphatic carbocycles. The van der Waals surface area contributed by atoms with Crippen molar-refractivity contribution in [3.63, 3.8) is 0 Å². The standard InChI is InChI=1S/C13H15ClFN3O2S/c1-2-3-17-4-6-18(7-5-17)21(19,20)12-9-10(16)8-11(14)13(12)15/h1,8-9H,3-7,16H2. The minimum Gasteiger partial charge on any atom is -0.399 e. The van der Waals surface area contributed by atoms with Crippen LogP contribution in [-0.2, 0) is 10.0 Å². The number of rotatable bonds is 3. The van der Waals surface area contributed by atoms with E-state index in [1.54, 1.807) is 0 Å². The molecule has 1 aliphatic heterocycles. The molecule has 1 aliphatic rings. The molecule has 0 saturated carbocycles. The van der Waals surface area contributed by atoms with E-state index >= 15 is 0 Å². The second kappa shape index (κ2) is 6.20. The van der Waals surface area contributed by atoms with Crippen molar-refractivity contribution in [1.82, 2.24) is 9.21 Å². The van der Waals surface area contributed by atoms with Crippen LogP contribution in [0.3, 0.4) is 0 Å². The fraction of sp³-hybridized carbons (Fsp3) is 0.385. The zero-order valence-electron chi connectivity index (χ0n) is 11.2. The van der Waals surface area contributed by atoms with Gasteiger partial charge in [0.1, 0.15) is 4.90 Å². The maximum atomic E-state index is 14.0. The van der Waals surface area contributed by atoms with Crippen molar-refractivity contribution in [2.75, 3.05) is 38.5 Å². The molecule has 2 rings (SSSR count). The maximum absolute atomic E-state index is 14.0. The van der Waals surface area contributed by atoms with Gasteiger partial charge in [-0.25, -0.2) is 12.8 Å². The molecular formula is C13H15ClFN3O2S. The molecule has 5 nitrogen and oxygen atoms in total. The van der Waals surface area contributed by atoms with Crippen molar-refractivity contribution in [2.45, 2.75) is 4.90 Å². The second-order valence-electron chi connectivity index (χ2n) is 4.70. The second-order valence-corrected chi connectivity index (χ2v) is 7.01. The van der Waals surface area contributed by atoms with Crippen LogP contribution in [0.2, 0.25) is 5.02 Å². The SMILES string of the molecule is C#CCN1CCN(S(=O)(=O)c2cc(N)cc(Cl)c2F)CC1. The van der Waals surface area contributed by atoms with Crippen molar-refractivity contribution in [2.24, 2.45) is 0 Å². The van der Waals surface area contributed by atoms with E-state index in [2.05, 4.69) is 5.92 Å². The predicted octanol–water partition coefficient (Wildman–Crippen LogP) is 1.00. The summed E-state index contributed by atoms with van der Waals surface area (Å²) in [5, 5.41) is -0.306. The largest absolute Gasteiger partial charge is 0.399 e. The summed E-state index contributed by atoms with van der Waals surface area (Å²) >= 11 is 5.66. The highest BCUT2D eigenvalue weighted by Gasteiger charge is 2.31. The summed E-state index contributed by atoms with van der Waals surface area (Å²) in [6, 6.07) is 2.27. The number of benzene rings is 1. The smallest absolute Gasteiger partial charge is 0.246 e. The molecule has 8 heteroatoms. The molecule has 0 unspecified atom stereocenters. The van der Waals surface area contributed by atoms with Gasteiger partial charge in [0, 0.05) is 31.9 Å². The first-order valence-electron chi connectivity index (χ1n) is 6.26. The molecule has 1 aromatic carbocycles. The van der Waals surface area contributed by atoms with Crippen LogP contribution in [0.15, 0.2) is 17.0 Å². The number of anilines is 1. The van der Waals surface area contributed by atoms with Gasteiger partial charge in [-0.15, -0.1) is 6.42 Å². The van der Waals surface area contributed by atoms with E-state index < -0.39 is 20.7 Å². The number of sulfonamides is 1. The Morgan fingerprint density at radius 3 is 2.52 bits per heavy atom. The molecule has 0 bridgehead atoms. The van der Waals surface area contributed by atoms with Crippen molar-refractivity contribution in [1.29, 1.82) is 0 Å². The van der Waals surface area contributed by atoms with Gasteiger partial charge in [0.25, 0.3) is 0 Å². The van der Waals surface area contributed by atoms with Gasteiger partial charge in [0.15, 0.2) is 5.82 Å². The molecule has 0 radical (unpaired) electrons. The van der Waals surface area contributed by atoms with Crippen LogP contribution in [0.1, 0.15) is 0 Å². The average molecular weight is 332 g/mol. The molecular weight excluding hydrogens is 317 g/mol. The van der Waals surface area contributed by atoms with E-state index in [4.69, 9.17) is 23.8 Å². The fourth-order valence-electron chi connectivity index (χ4n) is 2.17. The number of piperazine rings is 1. The molecule has 114 valence electrons. The van der Waals surface area contributed by atoms with Gasteiger partial charge in [0.05, 0.1) is 11.6 Å². The molecule has 1 aromatic rings. The first-order chi connectivity index (χ1) is 9.86. The van der Waals surface area contributed by atoms with E-state index in [1.807, 2.05) is 4.90 Å². The van der Waals surface area contributed by atoms with E-state index in [9.17, 15) is 12.8 Å². The van der Waals surface area contributed by atoms with Crippen LogP contribution in [0.4, 0.5) is 10.1 Å². The highest BCUT2D eigenvalue weighted by atomic mass is 35.5. The molecule has 0 amide bonds. The first-order valence-corrected chi connectivity index (χ1v) is 8.08. The number of hydrogen-bond donors (Lipinski definition) is 1. The number of halogens is 2.